The van der Waals surface area contributed by atoms with E-state index in [1.54, 1.807) is 0 Å². The lowest BCUT2D eigenvalue weighted by molar-refractivity contribution is -0.127. The molecule has 2 fully saturated rings. The molecule has 0 saturated heterocycles. The molecule has 2 saturated carbocycles. The largest absolute Gasteiger partial charge is 0.494 e. The van der Waals surface area contributed by atoms with Gasteiger partial charge >= 0.3 is 0 Å². The lowest BCUT2D eigenvalue weighted by Gasteiger charge is -2.23. The summed E-state index contributed by atoms with van der Waals surface area (Å²) in [6.45, 7) is 4.71. The Morgan fingerprint density at radius 1 is 1.29 bits per heavy atom. The summed E-state index contributed by atoms with van der Waals surface area (Å²) in [5.41, 5.74) is 1.13. The minimum absolute atomic E-state index is 0.0623. The van der Waals surface area contributed by atoms with Crippen LogP contribution in [-0.4, -0.2) is 12.5 Å². The first-order valence-electron chi connectivity index (χ1n) is 8.20. The van der Waals surface area contributed by atoms with Crippen molar-refractivity contribution in [2.45, 2.75) is 45.6 Å². The molecule has 1 aromatic carbocycles. The summed E-state index contributed by atoms with van der Waals surface area (Å²) in [5.74, 6) is 2.85. The lowest BCUT2D eigenvalue weighted by atomic mass is 9.88. The Morgan fingerprint density at radius 2 is 2.05 bits per heavy atom. The average molecular weight is 287 g/mol. The van der Waals surface area contributed by atoms with E-state index in [-0.39, 0.29) is 17.9 Å². The number of hydrogen-bond acceptors (Lipinski definition) is 2. The third-order valence-electron chi connectivity index (χ3n) is 5.12. The number of ether oxygens (including phenoxy) is 1. The van der Waals surface area contributed by atoms with Crippen LogP contribution in [0, 0.1) is 17.8 Å². The fraction of sp³-hybridized carbons (Fsp3) is 0.611. The van der Waals surface area contributed by atoms with Gasteiger partial charge in [0, 0.05) is 5.92 Å². The Labute approximate surface area is 127 Å². The van der Waals surface area contributed by atoms with Crippen LogP contribution in [0.3, 0.4) is 0 Å². The Hall–Kier alpha value is -1.51. The van der Waals surface area contributed by atoms with E-state index in [0.29, 0.717) is 12.5 Å². The number of carbonyl (C=O) groups excluding carboxylic acids is 1. The second kappa shape index (κ2) is 6.08. The van der Waals surface area contributed by atoms with Crippen molar-refractivity contribution in [2.75, 3.05) is 6.61 Å². The maximum absolute atomic E-state index is 12.5. The highest BCUT2D eigenvalue weighted by Crippen LogP contribution is 2.48. The van der Waals surface area contributed by atoms with Gasteiger partial charge in [0.2, 0.25) is 5.91 Å². The van der Waals surface area contributed by atoms with Gasteiger partial charge in [-0.3, -0.25) is 4.79 Å². The Bertz CT molecular complexity index is 496. The van der Waals surface area contributed by atoms with Gasteiger partial charge in [0.25, 0.3) is 0 Å². The molecular weight excluding hydrogens is 262 g/mol. The highest BCUT2D eigenvalue weighted by Gasteiger charge is 2.43. The van der Waals surface area contributed by atoms with E-state index in [2.05, 4.69) is 12.2 Å². The molecule has 1 N–H and O–H groups in total. The number of hydrogen-bond donors (Lipinski definition) is 1. The van der Waals surface area contributed by atoms with Gasteiger partial charge in [-0.2, -0.15) is 0 Å². The molecule has 4 unspecified atom stereocenters. The minimum Gasteiger partial charge on any atom is -0.494 e. The maximum atomic E-state index is 12.5. The van der Waals surface area contributed by atoms with E-state index < -0.39 is 0 Å². The molecule has 0 radical (unpaired) electrons. The van der Waals surface area contributed by atoms with Gasteiger partial charge in [0.15, 0.2) is 0 Å². The van der Waals surface area contributed by atoms with Gasteiger partial charge in [0.1, 0.15) is 5.75 Å². The number of benzene rings is 1. The normalized spacial score (nSPS) is 28.4. The summed E-state index contributed by atoms with van der Waals surface area (Å²) in [6.07, 6.45) is 4.96. The summed E-state index contributed by atoms with van der Waals surface area (Å²) in [6, 6.07) is 8.08. The second-order valence-electron chi connectivity index (χ2n) is 6.51. The summed E-state index contributed by atoms with van der Waals surface area (Å²) in [7, 11) is 0. The summed E-state index contributed by atoms with van der Waals surface area (Å²) < 4.78 is 5.45. The van der Waals surface area contributed by atoms with Gasteiger partial charge in [0.05, 0.1) is 12.6 Å². The van der Waals surface area contributed by atoms with Gasteiger partial charge in [-0.05, 0) is 62.6 Å². The van der Waals surface area contributed by atoms with Crippen LogP contribution in [-0.2, 0) is 4.79 Å². The maximum Gasteiger partial charge on any atom is 0.223 e. The number of rotatable bonds is 5. The van der Waals surface area contributed by atoms with Crippen molar-refractivity contribution in [3.8, 4) is 5.75 Å². The monoisotopic (exact) mass is 287 g/mol. The fourth-order valence-electron chi connectivity index (χ4n) is 3.99. The van der Waals surface area contributed by atoms with Crippen LogP contribution in [0.1, 0.15) is 51.1 Å². The van der Waals surface area contributed by atoms with Crippen molar-refractivity contribution < 1.29 is 9.53 Å². The van der Waals surface area contributed by atoms with Crippen LogP contribution in [0.25, 0.3) is 0 Å². The zero-order valence-corrected chi connectivity index (χ0v) is 13.0. The first kappa shape index (κ1) is 14.4. The molecular formula is C18H25NO2. The molecule has 0 heterocycles. The molecule has 3 rings (SSSR count). The van der Waals surface area contributed by atoms with Crippen LogP contribution in [0.2, 0.25) is 0 Å². The molecule has 3 nitrogen and oxygen atoms in total. The van der Waals surface area contributed by atoms with E-state index in [9.17, 15) is 4.79 Å². The predicted molar refractivity (Wildman–Crippen MR) is 83.1 cm³/mol. The number of fused-ring (bicyclic) bond motifs is 2. The molecule has 0 aliphatic heterocycles. The van der Waals surface area contributed by atoms with Gasteiger partial charge in [-0.25, -0.2) is 0 Å². The van der Waals surface area contributed by atoms with E-state index >= 15 is 0 Å². The minimum atomic E-state index is 0.0623. The van der Waals surface area contributed by atoms with Crippen LogP contribution < -0.4 is 10.1 Å². The third-order valence-corrected chi connectivity index (χ3v) is 5.12. The van der Waals surface area contributed by atoms with E-state index in [1.165, 1.54) is 19.3 Å². The van der Waals surface area contributed by atoms with Crippen molar-refractivity contribution in [1.82, 2.24) is 5.32 Å². The summed E-state index contributed by atoms with van der Waals surface area (Å²) in [4.78, 5) is 12.5. The van der Waals surface area contributed by atoms with Crippen molar-refractivity contribution >= 4 is 5.91 Å². The van der Waals surface area contributed by atoms with Crippen LogP contribution in [0.5, 0.6) is 5.75 Å². The van der Waals surface area contributed by atoms with Crippen molar-refractivity contribution in [1.29, 1.82) is 0 Å². The Kier molecular flexibility index (Phi) is 4.18. The smallest absolute Gasteiger partial charge is 0.223 e. The number of nitrogens with one attached hydrogen (secondary N) is 1. The molecule has 1 amide bonds. The zero-order chi connectivity index (χ0) is 14.8. The van der Waals surface area contributed by atoms with Gasteiger partial charge in [-0.15, -0.1) is 0 Å². The fourth-order valence-corrected chi connectivity index (χ4v) is 3.99. The highest BCUT2D eigenvalue weighted by molar-refractivity contribution is 5.80. The Balaban J connectivity index is 1.58. The van der Waals surface area contributed by atoms with E-state index in [4.69, 9.17) is 4.74 Å². The predicted octanol–water partition coefficient (Wildman–Crippen LogP) is 3.70. The lowest BCUT2D eigenvalue weighted by Crippen LogP contribution is -2.35. The zero-order valence-electron chi connectivity index (χ0n) is 13.0. The van der Waals surface area contributed by atoms with Crippen LogP contribution in [0.15, 0.2) is 24.3 Å². The molecule has 21 heavy (non-hydrogen) atoms. The first-order chi connectivity index (χ1) is 10.2. The van der Waals surface area contributed by atoms with Crippen LogP contribution in [0.4, 0.5) is 0 Å². The molecule has 2 aliphatic carbocycles. The molecule has 0 spiro atoms. The quantitative estimate of drug-likeness (QED) is 0.896. The summed E-state index contributed by atoms with van der Waals surface area (Å²) in [5, 5.41) is 3.19. The average Bonchev–Trinajstić information content (AvgIpc) is 3.11. The van der Waals surface area contributed by atoms with Crippen molar-refractivity contribution in [2.24, 2.45) is 17.8 Å². The third kappa shape index (κ3) is 3.07. The van der Waals surface area contributed by atoms with Crippen LogP contribution >= 0.6 is 0 Å². The molecule has 1 aromatic rings. The Morgan fingerprint density at radius 3 is 2.62 bits per heavy atom. The molecule has 2 bridgehead atoms. The molecule has 0 aromatic heterocycles. The molecule has 4 atom stereocenters. The molecule has 3 heteroatoms. The molecule has 2 aliphatic rings. The standard InChI is InChI=1S/C18H25NO2/c1-3-21-16-8-6-14(7-9-16)12(2)19-18(20)17-11-13-4-5-15(17)10-13/h6-9,12-13,15,17H,3-5,10-11H2,1-2H3,(H,19,20). The number of carbonyl (C=O) groups is 1. The second-order valence-corrected chi connectivity index (χ2v) is 6.51. The highest BCUT2D eigenvalue weighted by atomic mass is 16.5. The van der Waals surface area contributed by atoms with E-state index in [1.807, 2.05) is 31.2 Å². The first-order valence-corrected chi connectivity index (χ1v) is 8.20. The van der Waals surface area contributed by atoms with E-state index in [0.717, 1.165) is 23.7 Å². The van der Waals surface area contributed by atoms with Crippen molar-refractivity contribution in [3.63, 3.8) is 0 Å². The van der Waals surface area contributed by atoms with Crippen molar-refractivity contribution in [3.05, 3.63) is 29.8 Å². The van der Waals surface area contributed by atoms with Gasteiger partial charge < -0.3 is 10.1 Å². The van der Waals surface area contributed by atoms with Gasteiger partial charge in [-0.1, -0.05) is 18.6 Å². The topological polar surface area (TPSA) is 38.3 Å². The summed E-state index contributed by atoms with van der Waals surface area (Å²) >= 11 is 0. The SMILES string of the molecule is CCOc1ccc(C(C)NC(=O)C2CC3CCC2C3)cc1. The number of amides is 1. The molecule has 114 valence electrons.